The van der Waals surface area contributed by atoms with Gasteiger partial charge in [-0.3, -0.25) is 4.31 Å². The zero-order valence-corrected chi connectivity index (χ0v) is 22.2. The Morgan fingerprint density at radius 1 is 1.03 bits per heavy atom. The SMILES string of the molecule is CCOC(=O)c1c(-c2ccc(F)cc2)oc2cc(N(CC(O)c3ccc(F)cc3)S(C)(=O)=O)c(C(C)O)cc12. The van der Waals surface area contributed by atoms with Crippen LogP contribution in [0.5, 0.6) is 0 Å². The number of furan rings is 1. The summed E-state index contributed by atoms with van der Waals surface area (Å²) in [5.74, 6) is -1.64. The minimum absolute atomic E-state index is 0.0102. The number of nitrogens with zero attached hydrogens (tertiary/aromatic N) is 1. The van der Waals surface area contributed by atoms with Crippen molar-refractivity contribution >= 4 is 32.6 Å². The van der Waals surface area contributed by atoms with Gasteiger partial charge < -0.3 is 19.4 Å². The molecule has 0 saturated heterocycles. The molecule has 39 heavy (non-hydrogen) atoms. The molecule has 3 aromatic carbocycles. The van der Waals surface area contributed by atoms with E-state index in [1.807, 2.05) is 0 Å². The molecule has 0 fully saturated rings. The molecular formula is C28H27F2NO7S. The fourth-order valence-electron chi connectivity index (χ4n) is 4.27. The van der Waals surface area contributed by atoms with Crippen LogP contribution in [0.1, 0.15) is 47.5 Å². The number of carbonyl (C=O) groups excluding carboxylic acids is 1. The lowest BCUT2D eigenvalue weighted by Crippen LogP contribution is -2.35. The molecule has 1 heterocycles. The summed E-state index contributed by atoms with van der Waals surface area (Å²) in [5.41, 5.74) is 0.937. The van der Waals surface area contributed by atoms with Gasteiger partial charge in [-0.2, -0.15) is 0 Å². The highest BCUT2D eigenvalue weighted by Crippen LogP contribution is 2.40. The highest BCUT2D eigenvalue weighted by atomic mass is 32.2. The number of halogens is 2. The Hall–Kier alpha value is -3.80. The van der Waals surface area contributed by atoms with Crippen molar-refractivity contribution in [2.75, 3.05) is 23.7 Å². The standard InChI is InChI=1S/C28H27F2NO7S/c1-4-37-28(34)26-22-13-21(16(2)32)23(14-25(22)38-27(26)18-7-11-20(30)12-8-18)31(39(3,35)36)15-24(33)17-5-9-19(29)10-6-17/h5-14,16,24,32-33H,4,15H2,1-3H3. The summed E-state index contributed by atoms with van der Waals surface area (Å²) in [4.78, 5) is 13.0. The third-order valence-electron chi connectivity index (χ3n) is 6.14. The van der Waals surface area contributed by atoms with E-state index in [9.17, 15) is 32.2 Å². The number of hydrogen-bond acceptors (Lipinski definition) is 7. The van der Waals surface area contributed by atoms with E-state index in [2.05, 4.69) is 0 Å². The molecule has 1 aromatic heterocycles. The molecule has 0 bridgehead atoms. The largest absolute Gasteiger partial charge is 0.462 e. The van der Waals surface area contributed by atoms with Gasteiger partial charge in [-0.1, -0.05) is 12.1 Å². The highest BCUT2D eigenvalue weighted by Gasteiger charge is 2.30. The normalized spacial score (nSPS) is 13.3. The fraction of sp³-hybridized carbons (Fsp3) is 0.250. The van der Waals surface area contributed by atoms with Gasteiger partial charge in [-0.05, 0) is 61.9 Å². The average Bonchev–Trinajstić information content (AvgIpc) is 3.25. The summed E-state index contributed by atoms with van der Waals surface area (Å²) in [6, 6.07) is 13.0. The number of fused-ring (bicyclic) bond motifs is 1. The number of hydrogen-bond donors (Lipinski definition) is 2. The molecule has 8 nitrogen and oxygen atoms in total. The first-order valence-electron chi connectivity index (χ1n) is 12.0. The van der Waals surface area contributed by atoms with Crippen LogP contribution in [0, 0.1) is 11.6 Å². The van der Waals surface area contributed by atoms with Gasteiger partial charge in [0.25, 0.3) is 0 Å². The average molecular weight is 560 g/mol. The van der Waals surface area contributed by atoms with Crippen LogP contribution in [0.15, 0.2) is 65.1 Å². The number of sulfonamides is 1. The molecule has 2 N–H and O–H groups in total. The van der Waals surface area contributed by atoms with E-state index in [0.29, 0.717) is 5.56 Å². The van der Waals surface area contributed by atoms with Gasteiger partial charge in [0.15, 0.2) is 0 Å². The lowest BCUT2D eigenvalue weighted by molar-refractivity contribution is 0.0528. The third kappa shape index (κ3) is 5.95. The maximum Gasteiger partial charge on any atom is 0.342 e. The number of ether oxygens (including phenoxy) is 1. The Bertz CT molecular complexity index is 1600. The van der Waals surface area contributed by atoms with Crippen molar-refractivity contribution in [3.63, 3.8) is 0 Å². The number of aliphatic hydroxyl groups excluding tert-OH is 2. The Labute approximate surface area is 224 Å². The zero-order valence-electron chi connectivity index (χ0n) is 21.4. The molecule has 2 unspecified atom stereocenters. The Morgan fingerprint density at radius 3 is 2.15 bits per heavy atom. The molecule has 0 aliphatic heterocycles. The van der Waals surface area contributed by atoms with Crippen LogP contribution in [0.25, 0.3) is 22.3 Å². The quantitative estimate of drug-likeness (QED) is 0.274. The number of anilines is 1. The van der Waals surface area contributed by atoms with Gasteiger partial charge >= 0.3 is 5.97 Å². The van der Waals surface area contributed by atoms with E-state index in [1.54, 1.807) is 6.92 Å². The summed E-state index contributed by atoms with van der Waals surface area (Å²) in [6.07, 6.45) is -1.59. The third-order valence-corrected chi connectivity index (χ3v) is 7.28. The molecule has 0 aliphatic rings. The van der Waals surface area contributed by atoms with Crippen LogP contribution in [-0.2, 0) is 14.8 Å². The Morgan fingerprint density at radius 2 is 1.62 bits per heavy atom. The molecule has 0 aliphatic carbocycles. The lowest BCUT2D eigenvalue weighted by atomic mass is 10.0. The second-order valence-corrected chi connectivity index (χ2v) is 10.9. The van der Waals surface area contributed by atoms with Gasteiger partial charge in [0.1, 0.15) is 28.5 Å². The Kier molecular flexibility index (Phi) is 8.05. The van der Waals surface area contributed by atoms with Crippen molar-refractivity contribution in [2.45, 2.75) is 26.1 Å². The summed E-state index contributed by atoms with van der Waals surface area (Å²) in [6.45, 7) is 2.67. The molecule has 4 aromatic rings. The maximum absolute atomic E-state index is 13.6. The van der Waals surface area contributed by atoms with E-state index in [4.69, 9.17) is 9.15 Å². The van der Waals surface area contributed by atoms with Gasteiger partial charge in [-0.25, -0.2) is 22.0 Å². The van der Waals surface area contributed by atoms with Crippen molar-refractivity contribution in [1.29, 1.82) is 0 Å². The number of aliphatic hydroxyl groups is 2. The molecule has 0 saturated carbocycles. The van der Waals surface area contributed by atoms with Crippen LogP contribution in [0.3, 0.4) is 0 Å². The first kappa shape index (κ1) is 28.2. The topological polar surface area (TPSA) is 117 Å². The second kappa shape index (κ2) is 11.1. The van der Waals surface area contributed by atoms with Crippen molar-refractivity contribution in [3.8, 4) is 11.3 Å². The number of benzene rings is 3. The molecule has 206 valence electrons. The second-order valence-electron chi connectivity index (χ2n) is 8.98. The first-order chi connectivity index (χ1) is 18.4. The number of carbonyl (C=O) groups is 1. The van der Waals surface area contributed by atoms with Crippen molar-refractivity contribution < 1.29 is 41.4 Å². The monoisotopic (exact) mass is 559 g/mol. The molecular weight excluding hydrogens is 532 g/mol. The molecule has 0 spiro atoms. The predicted molar refractivity (Wildman–Crippen MR) is 142 cm³/mol. The van der Waals surface area contributed by atoms with Gasteiger partial charge in [0.2, 0.25) is 10.0 Å². The zero-order chi connectivity index (χ0) is 28.5. The minimum Gasteiger partial charge on any atom is -0.462 e. The van der Waals surface area contributed by atoms with E-state index in [1.165, 1.54) is 55.5 Å². The number of esters is 1. The highest BCUT2D eigenvalue weighted by molar-refractivity contribution is 7.92. The van der Waals surface area contributed by atoms with Crippen LogP contribution in [0.4, 0.5) is 14.5 Å². The van der Waals surface area contributed by atoms with Crippen LogP contribution in [-0.4, -0.2) is 44.0 Å². The van der Waals surface area contributed by atoms with E-state index in [-0.39, 0.29) is 45.7 Å². The molecule has 4 rings (SSSR count). The van der Waals surface area contributed by atoms with E-state index < -0.39 is 46.4 Å². The lowest BCUT2D eigenvalue weighted by Gasteiger charge is -2.28. The van der Waals surface area contributed by atoms with E-state index in [0.717, 1.165) is 22.7 Å². The molecule has 2 atom stereocenters. The summed E-state index contributed by atoms with van der Waals surface area (Å²) < 4.78 is 64.9. The number of rotatable bonds is 9. The Balaban J connectivity index is 1.92. The smallest absolute Gasteiger partial charge is 0.342 e. The minimum atomic E-state index is -4.03. The van der Waals surface area contributed by atoms with Crippen molar-refractivity contribution in [1.82, 2.24) is 0 Å². The summed E-state index contributed by atoms with van der Waals surface area (Å²) in [7, 11) is -4.03. The fourth-order valence-corrected chi connectivity index (χ4v) is 5.20. The van der Waals surface area contributed by atoms with Gasteiger partial charge in [-0.15, -0.1) is 0 Å². The molecule has 11 heteroatoms. The van der Waals surface area contributed by atoms with Crippen LogP contribution >= 0.6 is 0 Å². The van der Waals surface area contributed by atoms with E-state index >= 15 is 0 Å². The predicted octanol–water partition coefficient (Wildman–Crippen LogP) is 5.11. The van der Waals surface area contributed by atoms with Crippen molar-refractivity contribution in [3.05, 3.63) is 89.0 Å². The molecule has 0 amide bonds. The summed E-state index contributed by atoms with van der Waals surface area (Å²) >= 11 is 0. The molecule has 0 radical (unpaired) electrons. The van der Waals surface area contributed by atoms with Gasteiger partial charge in [0.05, 0.1) is 37.3 Å². The van der Waals surface area contributed by atoms with Crippen LogP contribution < -0.4 is 4.31 Å². The maximum atomic E-state index is 13.6. The summed E-state index contributed by atoms with van der Waals surface area (Å²) in [5, 5.41) is 21.7. The van der Waals surface area contributed by atoms with Gasteiger partial charge in [0, 0.05) is 22.6 Å². The van der Waals surface area contributed by atoms with Crippen molar-refractivity contribution in [2.24, 2.45) is 0 Å². The first-order valence-corrected chi connectivity index (χ1v) is 13.9. The van der Waals surface area contributed by atoms with Crippen LogP contribution in [0.2, 0.25) is 0 Å².